The molecule has 0 saturated heterocycles. The van der Waals surface area contributed by atoms with Crippen molar-refractivity contribution in [3.05, 3.63) is 23.8 Å². The highest BCUT2D eigenvalue weighted by atomic mass is 16.1. The lowest BCUT2D eigenvalue weighted by Crippen LogP contribution is -2.04. The molecular weight excluding hydrogens is 164 g/mol. The summed E-state index contributed by atoms with van der Waals surface area (Å²) in [5.74, 6) is 1.10. The molecule has 13 heavy (non-hydrogen) atoms. The third-order valence-corrected chi connectivity index (χ3v) is 1.73. The van der Waals surface area contributed by atoms with E-state index in [1.807, 2.05) is 6.07 Å². The Morgan fingerprint density at radius 2 is 2.23 bits per heavy atom. The second-order valence-electron chi connectivity index (χ2n) is 3.43. The zero-order valence-corrected chi connectivity index (χ0v) is 8.24. The van der Waals surface area contributed by atoms with E-state index in [2.05, 4.69) is 23.8 Å². The second kappa shape index (κ2) is 4.12. The molecular formula is C10H14N2O. The monoisotopic (exact) mass is 178 g/mol. The molecule has 0 N–H and O–H groups in total. The maximum Gasteiger partial charge on any atom is 0.137 e. The maximum atomic E-state index is 10.8. The van der Waals surface area contributed by atoms with Crippen LogP contribution in [0.3, 0.4) is 0 Å². The van der Waals surface area contributed by atoms with Gasteiger partial charge in [0.1, 0.15) is 11.6 Å². The van der Waals surface area contributed by atoms with Crippen molar-refractivity contribution >= 4 is 5.78 Å². The summed E-state index contributed by atoms with van der Waals surface area (Å²) in [5, 5.41) is 0. The highest BCUT2D eigenvalue weighted by Gasteiger charge is 2.04. The average molecular weight is 178 g/mol. The largest absolute Gasteiger partial charge is 0.300 e. The van der Waals surface area contributed by atoms with Crippen LogP contribution in [0, 0.1) is 0 Å². The molecule has 0 atom stereocenters. The van der Waals surface area contributed by atoms with Crippen LogP contribution in [-0.4, -0.2) is 15.8 Å². The molecule has 1 aromatic rings. The summed E-state index contributed by atoms with van der Waals surface area (Å²) in [5.41, 5.74) is 0.992. The zero-order valence-electron chi connectivity index (χ0n) is 8.24. The number of rotatable bonds is 3. The van der Waals surface area contributed by atoms with E-state index in [-0.39, 0.29) is 5.78 Å². The van der Waals surface area contributed by atoms with Crippen molar-refractivity contribution in [1.82, 2.24) is 9.97 Å². The number of Topliss-reactive ketones (excluding diaryl/α,β-unsaturated/α-hetero) is 1. The Labute approximate surface area is 78.2 Å². The number of hydrogen-bond acceptors (Lipinski definition) is 3. The first-order chi connectivity index (χ1) is 6.09. The fourth-order valence-corrected chi connectivity index (χ4v) is 1.04. The van der Waals surface area contributed by atoms with Crippen LogP contribution in [0.25, 0.3) is 0 Å². The topological polar surface area (TPSA) is 42.9 Å². The summed E-state index contributed by atoms with van der Waals surface area (Å²) in [6.45, 7) is 5.69. The summed E-state index contributed by atoms with van der Waals surface area (Å²) in [4.78, 5) is 19.1. The SMILES string of the molecule is CC(=O)Cc1nccc(C(C)C)n1. The van der Waals surface area contributed by atoms with Gasteiger partial charge in [-0.1, -0.05) is 13.8 Å². The predicted octanol–water partition coefficient (Wildman–Crippen LogP) is 1.73. The van der Waals surface area contributed by atoms with Crippen molar-refractivity contribution in [3.63, 3.8) is 0 Å². The average Bonchev–Trinajstić information content (AvgIpc) is 2.03. The van der Waals surface area contributed by atoms with Gasteiger partial charge in [0.2, 0.25) is 0 Å². The van der Waals surface area contributed by atoms with Crippen LogP contribution in [0.15, 0.2) is 12.3 Å². The van der Waals surface area contributed by atoms with Crippen molar-refractivity contribution in [1.29, 1.82) is 0 Å². The first kappa shape index (κ1) is 9.84. The van der Waals surface area contributed by atoms with Crippen LogP contribution in [0.5, 0.6) is 0 Å². The molecule has 70 valence electrons. The molecule has 0 aromatic carbocycles. The Bertz CT molecular complexity index is 308. The summed E-state index contributed by atoms with van der Waals surface area (Å²) in [7, 11) is 0. The van der Waals surface area contributed by atoms with E-state index < -0.39 is 0 Å². The van der Waals surface area contributed by atoms with Gasteiger partial charge in [-0.2, -0.15) is 0 Å². The Balaban J connectivity index is 2.85. The first-order valence-electron chi connectivity index (χ1n) is 4.41. The van der Waals surface area contributed by atoms with Crippen LogP contribution >= 0.6 is 0 Å². The number of nitrogens with zero attached hydrogens (tertiary/aromatic N) is 2. The van der Waals surface area contributed by atoms with Gasteiger partial charge in [0, 0.05) is 11.9 Å². The molecule has 0 fully saturated rings. The minimum atomic E-state index is 0.0981. The molecule has 0 bridgehead atoms. The molecule has 1 heterocycles. The fourth-order valence-electron chi connectivity index (χ4n) is 1.04. The molecule has 0 radical (unpaired) electrons. The van der Waals surface area contributed by atoms with Gasteiger partial charge in [-0.3, -0.25) is 4.79 Å². The molecule has 0 saturated carbocycles. The maximum absolute atomic E-state index is 10.8. The highest BCUT2D eigenvalue weighted by molar-refractivity contribution is 5.77. The van der Waals surface area contributed by atoms with Crippen LogP contribution in [-0.2, 0) is 11.2 Å². The normalized spacial score (nSPS) is 10.5. The number of carbonyl (C=O) groups is 1. The summed E-state index contributed by atoms with van der Waals surface area (Å²) in [6.07, 6.45) is 2.04. The number of hydrogen-bond donors (Lipinski definition) is 0. The quantitative estimate of drug-likeness (QED) is 0.708. The van der Waals surface area contributed by atoms with Gasteiger partial charge in [-0.25, -0.2) is 9.97 Å². The van der Waals surface area contributed by atoms with E-state index >= 15 is 0 Å². The molecule has 0 aliphatic carbocycles. The van der Waals surface area contributed by atoms with Gasteiger partial charge in [0.15, 0.2) is 0 Å². The number of carbonyl (C=O) groups excluding carboxylic acids is 1. The van der Waals surface area contributed by atoms with E-state index in [9.17, 15) is 4.79 Å². The molecule has 0 amide bonds. The van der Waals surface area contributed by atoms with Crippen molar-refractivity contribution in [2.75, 3.05) is 0 Å². The lowest BCUT2D eigenvalue weighted by Gasteiger charge is -2.04. The molecule has 3 nitrogen and oxygen atoms in total. The van der Waals surface area contributed by atoms with E-state index in [1.54, 1.807) is 13.1 Å². The molecule has 3 heteroatoms. The lowest BCUT2D eigenvalue weighted by molar-refractivity contribution is -0.116. The smallest absolute Gasteiger partial charge is 0.137 e. The lowest BCUT2D eigenvalue weighted by atomic mass is 10.1. The van der Waals surface area contributed by atoms with Crippen LogP contribution < -0.4 is 0 Å². The first-order valence-corrected chi connectivity index (χ1v) is 4.41. The van der Waals surface area contributed by atoms with Crippen LogP contribution in [0.4, 0.5) is 0 Å². The molecule has 1 aromatic heterocycles. The number of aromatic nitrogens is 2. The second-order valence-corrected chi connectivity index (χ2v) is 3.43. The van der Waals surface area contributed by atoms with Crippen LogP contribution in [0.1, 0.15) is 38.2 Å². The fraction of sp³-hybridized carbons (Fsp3) is 0.500. The number of ketones is 1. The Morgan fingerprint density at radius 1 is 1.54 bits per heavy atom. The summed E-state index contributed by atoms with van der Waals surface area (Å²) in [6, 6.07) is 1.88. The standard InChI is InChI=1S/C10H14N2O/c1-7(2)9-4-5-11-10(12-9)6-8(3)13/h4-5,7H,6H2,1-3H3. The minimum absolute atomic E-state index is 0.0981. The molecule has 0 spiro atoms. The van der Waals surface area contributed by atoms with Gasteiger partial charge >= 0.3 is 0 Å². The van der Waals surface area contributed by atoms with Crippen molar-refractivity contribution in [3.8, 4) is 0 Å². The van der Waals surface area contributed by atoms with Gasteiger partial charge in [0.05, 0.1) is 6.42 Å². The Hall–Kier alpha value is -1.25. The van der Waals surface area contributed by atoms with Gasteiger partial charge in [0.25, 0.3) is 0 Å². The third kappa shape index (κ3) is 2.93. The van der Waals surface area contributed by atoms with Crippen molar-refractivity contribution in [2.45, 2.75) is 33.1 Å². The highest BCUT2D eigenvalue weighted by Crippen LogP contribution is 2.10. The van der Waals surface area contributed by atoms with Crippen molar-refractivity contribution in [2.24, 2.45) is 0 Å². The van der Waals surface area contributed by atoms with E-state index in [0.717, 1.165) is 5.69 Å². The summed E-state index contributed by atoms with van der Waals surface area (Å²) >= 11 is 0. The third-order valence-electron chi connectivity index (χ3n) is 1.73. The molecule has 0 unspecified atom stereocenters. The molecule has 1 rings (SSSR count). The van der Waals surface area contributed by atoms with E-state index in [4.69, 9.17) is 0 Å². The van der Waals surface area contributed by atoms with Gasteiger partial charge < -0.3 is 0 Å². The Kier molecular flexibility index (Phi) is 3.12. The van der Waals surface area contributed by atoms with Crippen molar-refractivity contribution < 1.29 is 4.79 Å². The zero-order chi connectivity index (χ0) is 9.84. The van der Waals surface area contributed by atoms with Crippen LogP contribution in [0.2, 0.25) is 0 Å². The van der Waals surface area contributed by atoms with Gasteiger partial charge in [-0.15, -0.1) is 0 Å². The predicted molar refractivity (Wildman–Crippen MR) is 50.5 cm³/mol. The minimum Gasteiger partial charge on any atom is -0.300 e. The van der Waals surface area contributed by atoms with E-state index in [0.29, 0.717) is 18.2 Å². The Morgan fingerprint density at radius 3 is 2.77 bits per heavy atom. The molecule has 0 aliphatic heterocycles. The molecule has 0 aliphatic rings. The summed E-state index contributed by atoms with van der Waals surface area (Å²) < 4.78 is 0. The van der Waals surface area contributed by atoms with Gasteiger partial charge in [-0.05, 0) is 18.9 Å². The van der Waals surface area contributed by atoms with E-state index in [1.165, 1.54) is 0 Å².